The molecular formula is C21H25N3O4S. The van der Waals surface area contributed by atoms with Gasteiger partial charge in [0.2, 0.25) is 0 Å². The first kappa shape index (κ1) is 20.9. The summed E-state index contributed by atoms with van der Waals surface area (Å²) in [5, 5.41) is 4.15. The van der Waals surface area contributed by atoms with Crippen molar-refractivity contribution >= 4 is 27.3 Å². The van der Waals surface area contributed by atoms with Gasteiger partial charge in [0.25, 0.3) is 15.9 Å². The number of nitrogens with zero attached hydrogens (tertiary/aromatic N) is 2. The fraction of sp³-hybridized carbons (Fsp3) is 0.333. The van der Waals surface area contributed by atoms with Gasteiger partial charge in [0.05, 0.1) is 17.7 Å². The summed E-state index contributed by atoms with van der Waals surface area (Å²) in [6.07, 6.45) is 3.84. The number of carbonyl (C=O) groups is 1. The van der Waals surface area contributed by atoms with Crippen molar-refractivity contribution < 1.29 is 17.9 Å². The van der Waals surface area contributed by atoms with Crippen LogP contribution in [0.5, 0.6) is 5.75 Å². The molecule has 1 aliphatic carbocycles. The molecule has 0 aromatic heterocycles. The molecule has 0 bridgehead atoms. The fourth-order valence-corrected chi connectivity index (χ4v) is 4.66. The van der Waals surface area contributed by atoms with Gasteiger partial charge in [0, 0.05) is 5.71 Å². The summed E-state index contributed by atoms with van der Waals surface area (Å²) < 4.78 is 33.2. The van der Waals surface area contributed by atoms with Crippen LogP contribution >= 0.6 is 0 Å². The highest BCUT2D eigenvalue weighted by Gasteiger charge is 2.29. The van der Waals surface area contributed by atoms with E-state index in [0.29, 0.717) is 11.4 Å². The molecule has 1 aliphatic rings. The van der Waals surface area contributed by atoms with Crippen LogP contribution < -0.4 is 14.5 Å². The highest BCUT2D eigenvalue weighted by Crippen LogP contribution is 2.33. The maximum atomic E-state index is 13.4. The van der Waals surface area contributed by atoms with Crippen LogP contribution in [-0.2, 0) is 14.8 Å². The molecular weight excluding hydrogens is 390 g/mol. The monoisotopic (exact) mass is 415 g/mol. The van der Waals surface area contributed by atoms with E-state index in [-0.39, 0.29) is 4.90 Å². The lowest BCUT2D eigenvalue weighted by molar-refractivity contribution is -0.119. The van der Waals surface area contributed by atoms with E-state index in [1.807, 2.05) is 13.0 Å². The van der Waals surface area contributed by atoms with E-state index in [0.717, 1.165) is 41.3 Å². The Labute approximate surface area is 171 Å². The van der Waals surface area contributed by atoms with Gasteiger partial charge >= 0.3 is 0 Å². The molecule has 0 atom stereocenters. The van der Waals surface area contributed by atoms with Gasteiger partial charge in [-0.15, -0.1) is 0 Å². The quantitative estimate of drug-likeness (QED) is 0.703. The highest BCUT2D eigenvalue weighted by molar-refractivity contribution is 7.92. The molecule has 1 saturated carbocycles. The van der Waals surface area contributed by atoms with Gasteiger partial charge in [0.15, 0.2) is 0 Å². The van der Waals surface area contributed by atoms with Crippen molar-refractivity contribution in [2.75, 3.05) is 18.0 Å². The van der Waals surface area contributed by atoms with E-state index in [9.17, 15) is 13.2 Å². The summed E-state index contributed by atoms with van der Waals surface area (Å²) in [4.78, 5) is 12.7. The van der Waals surface area contributed by atoms with Crippen LogP contribution in [0.25, 0.3) is 0 Å². The molecule has 0 aliphatic heterocycles. The maximum Gasteiger partial charge on any atom is 0.264 e. The number of sulfonamides is 1. The molecule has 154 valence electrons. The molecule has 1 amide bonds. The first-order valence-corrected chi connectivity index (χ1v) is 10.9. The average Bonchev–Trinajstić information content (AvgIpc) is 3.24. The lowest BCUT2D eigenvalue weighted by Gasteiger charge is -2.25. The fourth-order valence-electron chi connectivity index (χ4n) is 3.22. The van der Waals surface area contributed by atoms with Crippen molar-refractivity contribution in [2.45, 2.75) is 37.5 Å². The third kappa shape index (κ3) is 4.95. The van der Waals surface area contributed by atoms with Crippen LogP contribution in [-0.4, -0.2) is 33.7 Å². The molecule has 2 aromatic rings. The van der Waals surface area contributed by atoms with Crippen molar-refractivity contribution in [3.63, 3.8) is 0 Å². The van der Waals surface area contributed by atoms with Crippen molar-refractivity contribution in [1.29, 1.82) is 0 Å². The van der Waals surface area contributed by atoms with E-state index in [1.54, 1.807) is 30.3 Å². The predicted molar refractivity (Wildman–Crippen MR) is 113 cm³/mol. The number of nitrogens with one attached hydrogen (secondary N) is 1. The van der Waals surface area contributed by atoms with Crippen LogP contribution in [0.3, 0.4) is 0 Å². The second kappa shape index (κ2) is 9.09. The van der Waals surface area contributed by atoms with Crippen LogP contribution in [0.15, 0.2) is 58.5 Å². The van der Waals surface area contributed by atoms with E-state index in [2.05, 4.69) is 10.5 Å². The molecule has 0 radical (unpaired) electrons. The third-order valence-electron chi connectivity index (χ3n) is 4.74. The Morgan fingerprint density at radius 2 is 1.83 bits per heavy atom. The highest BCUT2D eigenvalue weighted by atomic mass is 32.2. The summed E-state index contributed by atoms with van der Waals surface area (Å²) in [6.45, 7) is 1.44. The minimum atomic E-state index is -3.99. The third-order valence-corrected chi connectivity index (χ3v) is 6.51. The molecule has 8 heteroatoms. The van der Waals surface area contributed by atoms with Crippen LogP contribution in [0.1, 0.15) is 31.2 Å². The van der Waals surface area contributed by atoms with E-state index in [1.165, 1.54) is 19.2 Å². The maximum absolute atomic E-state index is 13.4. The Kier molecular flexibility index (Phi) is 6.53. The number of methoxy groups -OCH3 is 1. The Morgan fingerprint density at radius 1 is 1.14 bits per heavy atom. The predicted octanol–water partition coefficient (Wildman–Crippen LogP) is 3.25. The van der Waals surface area contributed by atoms with Crippen LogP contribution in [0.2, 0.25) is 0 Å². The van der Waals surface area contributed by atoms with Crippen molar-refractivity contribution in [3.8, 4) is 5.75 Å². The van der Waals surface area contributed by atoms with Gasteiger partial charge < -0.3 is 4.74 Å². The van der Waals surface area contributed by atoms with Crippen molar-refractivity contribution in [1.82, 2.24) is 5.43 Å². The van der Waals surface area contributed by atoms with E-state index >= 15 is 0 Å². The van der Waals surface area contributed by atoms with Crippen LogP contribution in [0.4, 0.5) is 5.69 Å². The summed E-state index contributed by atoms with van der Waals surface area (Å²) in [6, 6.07) is 13.2. The molecule has 0 unspecified atom stereocenters. The van der Waals surface area contributed by atoms with Crippen molar-refractivity contribution in [2.24, 2.45) is 5.10 Å². The number of hydrazone groups is 1. The Hall–Kier alpha value is -2.87. The molecule has 0 saturated heterocycles. The topological polar surface area (TPSA) is 88.1 Å². The van der Waals surface area contributed by atoms with Gasteiger partial charge in [0.1, 0.15) is 12.3 Å². The normalized spacial score (nSPS) is 13.8. The summed E-state index contributed by atoms with van der Waals surface area (Å²) in [7, 11) is -2.53. The number of hydrogen-bond donors (Lipinski definition) is 1. The lowest BCUT2D eigenvalue weighted by Crippen LogP contribution is -2.40. The second-order valence-corrected chi connectivity index (χ2v) is 8.78. The number of amides is 1. The number of rotatable bonds is 7. The van der Waals surface area contributed by atoms with Gasteiger partial charge in [-0.25, -0.2) is 13.8 Å². The Balaban J connectivity index is 1.97. The largest absolute Gasteiger partial charge is 0.495 e. The molecule has 29 heavy (non-hydrogen) atoms. The van der Waals surface area contributed by atoms with Crippen molar-refractivity contribution in [3.05, 3.63) is 54.1 Å². The first-order valence-electron chi connectivity index (χ1n) is 9.48. The Morgan fingerprint density at radius 3 is 2.48 bits per heavy atom. The SMILES string of the molecule is COc1ccc(C)cc1N(CC(=O)NN=C1CCCC1)S(=O)(=O)c1ccccc1. The van der Waals surface area contributed by atoms with Gasteiger partial charge in [-0.1, -0.05) is 24.3 Å². The first-order chi connectivity index (χ1) is 13.9. The number of hydrogen-bond acceptors (Lipinski definition) is 5. The van der Waals surface area contributed by atoms with E-state index in [4.69, 9.17) is 4.74 Å². The number of benzene rings is 2. The molecule has 0 heterocycles. The Bertz CT molecular complexity index is 996. The van der Waals surface area contributed by atoms with Crippen LogP contribution in [0, 0.1) is 6.92 Å². The average molecular weight is 416 g/mol. The molecule has 1 N–H and O–H groups in total. The summed E-state index contributed by atoms with van der Waals surface area (Å²) in [5.41, 5.74) is 4.59. The standard InChI is InChI=1S/C21H25N3O4S/c1-16-12-13-20(28-2)19(14-16)24(29(26,27)18-10-4-3-5-11-18)15-21(25)23-22-17-8-6-7-9-17/h3-5,10-14H,6-9,15H2,1-2H3,(H,23,25). The minimum Gasteiger partial charge on any atom is -0.495 e. The molecule has 1 fully saturated rings. The number of ether oxygens (including phenoxy) is 1. The van der Waals surface area contributed by atoms with Gasteiger partial charge in [-0.3, -0.25) is 9.10 Å². The zero-order valence-electron chi connectivity index (χ0n) is 16.6. The summed E-state index contributed by atoms with van der Waals surface area (Å²) >= 11 is 0. The molecule has 7 nitrogen and oxygen atoms in total. The number of carbonyl (C=O) groups excluding carboxylic acids is 1. The zero-order valence-corrected chi connectivity index (χ0v) is 17.4. The number of anilines is 1. The van der Waals surface area contributed by atoms with Gasteiger partial charge in [-0.05, 0) is 62.4 Å². The second-order valence-electron chi connectivity index (χ2n) is 6.92. The molecule has 3 rings (SSSR count). The van der Waals surface area contributed by atoms with Gasteiger partial charge in [-0.2, -0.15) is 5.10 Å². The molecule has 2 aromatic carbocycles. The van der Waals surface area contributed by atoms with E-state index < -0.39 is 22.5 Å². The smallest absolute Gasteiger partial charge is 0.264 e. The zero-order chi connectivity index (χ0) is 20.9. The lowest BCUT2D eigenvalue weighted by atomic mass is 10.2. The number of aryl methyl sites for hydroxylation is 1. The summed E-state index contributed by atoms with van der Waals surface area (Å²) in [5.74, 6) is -0.141. The minimum absolute atomic E-state index is 0.0958. The molecule has 0 spiro atoms.